The molecule has 88 valence electrons. The maximum absolute atomic E-state index is 12.1. The SMILES string of the molecule is CCCCN(C(=O)C(CC)CN)C1CC1. The van der Waals surface area contributed by atoms with Gasteiger partial charge >= 0.3 is 0 Å². The molecule has 1 unspecified atom stereocenters. The number of carbonyl (C=O) groups is 1. The lowest BCUT2D eigenvalue weighted by molar-refractivity contribution is -0.136. The van der Waals surface area contributed by atoms with Gasteiger partial charge < -0.3 is 10.6 Å². The number of hydrogen-bond donors (Lipinski definition) is 1. The van der Waals surface area contributed by atoms with Crippen molar-refractivity contribution < 1.29 is 4.79 Å². The van der Waals surface area contributed by atoms with Crippen LogP contribution in [-0.2, 0) is 4.79 Å². The van der Waals surface area contributed by atoms with Crippen LogP contribution in [0.1, 0.15) is 46.0 Å². The van der Waals surface area contributed by atoms with Gasteiger partial charge in [-0.15, -0.1) is 0 Å². The summed E-state index contributed by atoms with van der Waals surface area (Å²) in [5.74, 6) is 0.332. The maximum atomic E-state index is 12.1. The highest BCUT2D eigenvalue weighted by molar-refractivity contribution is 5.79. The van der Waals surface area contributed by atoms with E-state index in [1.54, 1.807) is 0 Å². The number of nitrogens with two attached hydrogens (primary N) is 1. The van der Waals surface area contributed by atoms with Gasteiger partial charge in [-0.05, 0) is 25.7 Å². The molecule has 1 aliphatic rings. The Kier molecular flexibility index (Phi) is 5.09. The van der Waals surface area contributed by atoms with Gasteiger partial charge in [0, 0.05) is 19.1 Å². The second-order valence-corrected chi connectivity index (χ2v) is 4.46. The maximum Gasteiger partial charge on any atom is 0.227 e. The van der Waals surface area contributed by atoms with Crippen LogP contribution < -0.4 is 5.73 Å². The van der Waals surface area contributed by atoms with Crippen molar-refractivity contribution in [2.75, 3.05) is 13.1 Å². The second kappa shape index (κ2) is 6.11. The van der Waals surface area contributed by atoms with Crippen LogP contribution in [0, 0.1) is 5.92 Å². The van der Waals surface area contributed by atoms with Crippen LogP contribution >= 0.6 is 0 Å². The molecule has 0 bridgehead atoms. The number of amides is 1. The van der Waals surface area contributed by atoms with Crippen molar-refractivity contribution in [3.63, 3.8) is 0 Å². The Morgan fingerprint density at radius 1 is 1.47 bits per heavy atom. The minimum atomic E-state index is 0.0439. The quantitative estimate of drug-likeness (QED) is 0.699. The molecule has 0 aromatic heterocycles. The molecule has 0 saturated heterocycles. The molecule has 3 nitrogen and oxygen atoms in total. The largest absolute Gasteiger partial charge is 0.339 e. The van der Waals surface area contributed by atoms with Crippen LogP contribution in [0.4, 0.5) is 0 Å². The third-order valence-corrected chi connectivity index (χ3v) is 3.15. The summed E-state index contributed by atoms with van der Waals surface area (Å²) in [5, 5.41) is 0. The molecular weight excluding hydrogens is 188 g/mol. The molecule has 2 N–H and O–H groups in total. The Balaban J connectivity index is 2.49. The molecule has 1 atom stereocenters. The first kappa shape index (κ1) is 12.5. The van der Waals surface area contributed by atoms with E-state index in [1.807, 2.05) is 6.92 Å². The van der Waals surface area contributed by atoms with Crippen molar-refractivity contribution >= 4 is 5.91 Å². The molecule has 1 saturated carbocycles. The number of hydrogen-bond acceptors (Lipinski definition) is 2. The second-order valence-electron chi connectivity index (χ2n) is 4.46. The van der Waals surface area contributed by atoms with E-state index in [-0.39, 0.29) is 11.8 Å². The van der Waals surface area contributed by atoms with Gasteiger partial charge in [-0.25, -0.2) is 0 Å². The summed E-state index contributed by atoms with van der Waals surface area (Å²) in [4.78, 5) is 14.2. The summed E-state index contributed by atoms with van der Waals surface area (Å²) in [7, 11) is 0. The molecule has 3 heteroatoms. The highest BCUT2D eigenvalue weighted by Gasteiger charge is 2.34. The molecule has 1 rings (SSSR count). The summed E-state index contributed by atoms with van der Waals surface area (Å²) < 4.78 is 0. The van der Waals surface area contributed by atoms with Crippen LogP contribution in [0.15, 0.2) is 0 Å². The molecular formula is C12H24N2O. The number of rotatable bonds is 7. The fraction of sp³-hybridized carbons (Fsp3) is 0.917. The monoisotopic (exact) mass is 212 g/mol. The van der Waals surface area contributed by atoms with Gasteiger partial charge in [0.05, 0.1) is 5.92 Å². The third-order valence-electron chi connectivity index (χ3n) is 3.15. The van der Waals surface area contributed by atoms with Crippen LogP contribution in [0.5, 0.6) is 0 Å². The Morgan fingerprint density at radius 2 is 2.13 bits per heavy atom. The average molecular weight is 212 g/mol. The predicted molar refractivity (Wildman–Crippen MR) is 62.5 cm³/mol. The van der Waals surface area contributed by atoms with Crippen molar-refractivity contribution in [3.8, 4) is 0 Å². The molecule has 0 aromatic carbocycles. The minimum Gasteiger partial charge on any atom is -0.339 e. The van der Waals surface area contributed by atoms with E-state index in [9.17, 15) is 4.79 Å². The Bertz CT molecular complexity index is 198. The fourth-order valence-electron chi connectivity index (χ4n) is 1.86. The van der Waals surface area contributed by atoms with Gasteiger partial charge in [-0.3, -0.25) is 4.79 Å². The standard InChI is InChI=1S/C12H24N2O/c1-3-5-8-14(11-6-7-11)12(15)10(4-2)9-13/h10-11H,3-9,13H2,1-2H3. The van der Waals surface area contributed by atoms with E-state index < -0.39 is 0 Å². The van der Waals surface area contributed by atoms with Crippen molar-refractivity contribution in [2.24, 2.45) is 11.7 Å². The Hall–Kier alpha value is -0.570. The summed E-state index contributed by atoms with van der Waals surface area (Å²) in [6.45, 7) is 5.62. The summed E-state index contributed by atoms with van der Waals surface area (Å²) in [6, 6.07) is 0.532. The topological polar surface area (TPSA) is 46.3 Å². The van der Waals surface area contributed by atoms with E-state index in [0.717, 1.165) is 25.8 Å². The van der Waals surface area contributed by atoms with Gasteiger partial charge in [0.2, 0.25) is 5.91 Å². The molecule has 1 amide bonds. The van der Waals surface area contributed by atoms with Crippen molar-refractivity contribution in [3.05, 3.63) is 0 Å². The number of carbonyl (C=O) groups excluding carboxylic acids is 1. The first-order chi connectivity index (χ1) is 7.24. The van der Waals surface area contributed by atoms with Gasteiger partial charge in [-0.2, -0.15) is 0 Å². The van der Waals surface area contributed by atoms with Crippen LogP contribution in [0.2, 0.25) is 0 Å². The van der Waals surface area contributed by atoms with E-state index in [4.69, 9.17) is 5.73 Å². The zero-order valence-electron chi connectivity index (χ0n) is 10.0. The van der Waals surface area contributed by atoms with E-state index in [1.165, 1.54) is 12.8 Å². The van der Waals surface area contributed by atoms with Crippen LogP contribution in [-0.4, -0.2) is 29.9 Å². The first-order valence-corrected chi connectivity index (χ1v) is 6.25. The minimum absolute atomic E-state index is 0.0439. The highest BCUT2D eigenvalue weighted by Crippen LogP contribution is 2.28. The molecule has 0 radical (unpaired) electrons. The lowest BCUT2D eigenvalue weighted by atomic mass is 10.0. The number of nitrogens with zero attached hydrogens (tertiary/aromatic N) is 1. The zero-order valence-corrected chi connectivity index (χ0v) is 10.0. The lowest BCUT2D eigenvalue weighted by Gasteiger charge is -2.26. The lowest BCUT2D eigenvalue weighted by Crippen LogP contribution is -2.40. The van der Waals surface area contributed by atoms with Crippen molar-refractivity contribution in [1.82, 2.24) is 4.90 Å². The zero-order chi connectivity index (χ0) is 11.3. The Morgan fingerprint density at radius 3 is 2.53 bits per heavy atom. The van der Waals surface area contributed by atoms with Gasteiger partial charge in [0.15, 0.2) is 0 Å². The molecule has 1 aliphatic carbocycles. The number of unbranched alkanes of at least 4 members (excludes halogenated alkanes) is 1. The highest BCUT2D eigenvalue weighted by atomic mass is 16.2. The van der Waals surface area contributed by atoms with E-state index in [2.05, 4.69) is 11.8 Å². The molecule has 0 aromatic rings. The van der Waals surface area contributed by atoms with Gasteiger partial charge in [0.1, 0.15) is 0 Å². The van der Waals surface area contributed by atoms with Crippen LogP contribution in [0.25, 0.3) is 0 Å². The van der Waals surface area contributed by atoms with Crippen molar-refractivity contribution in [2.45, 2.75) is 52.0 Å². The smallest absolute Gasteiger partial charge is 0.227 e. The fourth-order valence-corrected chi connectivity index (χ4v) is 1.86. The van der Waals surface area contributed by atoms with Crippen LogP contribution in [0.3, 0.4) is 0 Å². The molecule has 0 heterocycles. The first-order valence-electron chi connectivity index (χ1n) is 6.25. The van der Waals surface area contributed by atoms with Gasteiger partial charge in [-0.1, -0.05) is 20.3 Å². The normalized spacial score (nSPS) is 17.5. The summed E-state index contributed by atoms with van der Waals surface area (Å²) >= 11 is 0. The molecule has 0 spiro atoms. The summed E-state index contributed by atoms with van der Waals surface area (Å²) in [6.07, 6.45) is 5.51. The van der Waals surface area contributed by atoms with E-state index in [0.29, 0.717) is 12.6 Å². The predicted octanol–water partition coefficient (Wildman–Crippen LogP) is 1.76. The Labute approximate surface area is 93.0 Å². The molecule has 15 heavy (non-hydrogen) atoms. The van der Waals surface area contributed by atoms with Crippen molar-refractivity contribution in [1.29, 1.82) is 0 Å². The summed E-state index contributed by atoms with van der Waals surface area (Å²) in [5.41, 5.74) is 5.62. The molecule has 0 aliphatic heterocycles. The molecule has 1 fully saturated rings. The van der Waals surface area contributed by atoms with Gasteiger partial charge in [0.25, 0.3) is 0 Å². The van der Waals surface area contributed by atoms with E-state index >= 15 is 0 Å². The average Bonchev–Trinajstić information content (AvgIpc) is 3.04. The third kappa shape index (κ3) is 3.49.